The van der Waals surface area contributed by atoms with Crippen LogP contribution in [0.2, 0.25) is 0 Å². The summed E-state index contributed by atoms with van der Waals surface area (Å²) in [6.45, 7) is 0. The minimum Gasteiger partial charge on any atom is -0.474 e. The van der Waals surface area contributed by atoms with Gasteiger partial charge in [-0.2, -0.15) is 0 Å². The minimum absolute atomic E-state index is 0.0684. The van der Waals surface area contributed by atoms with Crippen LogP contribution in [0.4, 0.5) is 23.2 Å². The zero-order valence-electron chi connectivity index (χ0n) is 7.35. The number of rotatable bonds is 1. The highest BCUT2D eigenvalue weighted by atomic mass is 19.2. The van der Waals surface area contributed by atoms with Crippen LogP contribution in [0.1, 0.15) is 0 Å². The van der Waals surface area contributed by atoms with Gasteiger partial charge in [-0.05, 0) is 0 Å². The second-order valence-corrected chi connectivity index (χ2v) is 2.60. The van der Waals surface area contributed by atoms with E-state index in [9.17, 15) is 27.2 Å². The Morgan fingerprint density at radius 1 is 1.06 bits per heavy atom. The number of amides is 1. The monoisotopic (exact) mass is 237 g/mol. The molecule has 0 atom stereocenters. The van der Waals surface area contributed by atoms with E-state index in [0.717, 1.165) is 0 Å². The zero-order chi connectivity index (χ0) is 12.5. The SMILES string of the molecule is O=C(O)C(=O)Nc1c(F)c(F)cc(F)c1F. The Labute approximate surface area is 85.5 Å². The summed E-state index contributed by atoms with van der Waals surface area (Å²) >= 11 is 0. The summed E-state index contributed by atoms with van der Waals surface area (Å²) in [6, 6.07) is -0.0684. The molecule has 86 valence electrons. The van der Waals surface area contributed by atoms with E-state index in [1.807, 2.05) is 0 Å². The molecular weight excluding hydrogens is 234 g/mol. The van der Waals surface area contributed by atoms with Gasteiger partial charge in [0, 0.05) is 6.07 Å². The van der Waals surface area contributed by atoms with Gasteiger partial charge in [0.15, 0.2) is 23.3 Å². The van der Waals surface area contributed by atoms with Crippen molar-refractivity contribution in [2.75, 3.05) is 5.32 Å². The molecule has 16 heavy (non-hydrogen) atoms. The first kappa shape index (κ1) is 12.0. The average Bonchev–Trinajstić information content (AvgIpc) is 2.21. The highest BCUT2D eigenvalue weighted by molar-refractivity contribution is 6.36. The molecule has 0 saturated carbocycles. The topological polar surface area (TPSA) is 66.4 Å². The van der Waals surface area contributed by atoms with Gasteiger partial charge in [-0.3, -0.25) is 4.79 Å². The first-order valence-corrected chi connectivity index (χ1v) is 3.72. The summed E-state index contributed by atoms with van der Waals surface area (Å²) in [5.41, 5.74) is -1.48. The van der Waals surface area contributed by atoms with Gasteiger partial charge in [0.05, 0.1) is 0 Å². The summed E-state index contributed by atoms with van der Waals surface area (Å²) < 4.78 is 50.9. The molecule has 0 spiro atoms. The molecular formula is C8H3F4NO3. The molecule has 1 aromatic rings. The third-order valence-electron chi connectivity index (χ3n) is 1.54. The molecule has 2 N–H and O–H groups in total. The highest BCUT2D eigenvalue weighted by Crippen LogP contribution is 2.23. The molecule has 0 aliphatic rings. The van der Waals surface area contributed by atoms with Crippen molar-refractivity contribution in [2.45, 2.75) is 0 Å². The highest BCUT2D eigenvalue weighted by Gasteiger charge is 2.22. The zero-order valence-corrected chi connectivity index (χ0v) is 7.35. The normalized spacial score (nSPS) is 10.0. The second kappa shape index (κ2) is 4.17. The number of halogens is 4. The Morgan fingerprint density at radius 2 is 1.50 bits per heavy atom. The average molecular weight is 237 g/mol. The second-order valence-electron chi connectivity index (χ2n) is 2.60. The number of carboxylic acid groups (broad SMARTS) is 1. The van der Waals surface area contributed by atoms with Gasteiger partial charge in [0.25, 0.3) is 0 Å². The van der Waals surface area contributed by atoms with Crippen molar-refractivity contribution in [3.63, 3.8) is 0 Å². The molecule has 0 aromatic heterocycles. The van der Waals surface area contributed by atoms with Gasteiger partial charge in [0.2, 0.25) is 0 Å². The van der Waals surface area contributed by atoms with Gasteiger partial charge < -0.3 is 10.4 Å². The maximum atomic E-state index is 12.9. The van der Waals surface area contributed by atoms with Crippen LogP contribution < -0.4 is 5.32 Å². The number of anilines is 1. The van der Waals surface area contributed by atoms with E-state index in [4.69, 9.17) is 5.11 Å². The number of carboxylic acids is 1. The van der Waals surface area contributed by atoms with E-state index in [1.54, 1.807) is 0 Å². The predicted octanol–water partition coefficient (Wildman–Crippen LogP) is 1.27. The molecule has 0 radical (unpaired) electrons. The molecule has 0 fully saturated rings. The quantitative estimate of drug-likeness (QED) is 0.439. The van der Waals surface area contributed by atoms with Crippen LogP contribution in [-0.2, 0) is 9.59 Å². The van der Waals surface area contributed by atoms with Crippen molar-refractivity contribution < 1.29 is 32.3 Å². The Kier molecular flexibility index (Phi) is 3.11. The van der Waals surface area contributed by atoms with Gasteiger partial charge in [-0.15, -0.1) is 0 Å². The van der Waals surface area contributed by atoms with E-state index in [1.165, 1.54) is 5.32 Å². The molecule has 8 heteroatoms. The molecule has 4 nitrogen and oxygen atoms in total. The van der Waals surface area contributed by atoms with Crippen molar-refractivity contribution in [3.8, 4) is 0 Å². The number of hydrogen-bond donors (Lipinski definition) is 2. The Morgan fingerprint density at radius 3 is 1.88 bits per heavy atom. The summed E-state index contributed by atoms with van der Waals surface area (Å²) in [5, 5.41) is 9.31. The molecule has 1 aromatic carbocycles. The van der Waals surface area contributed by atoms with Crippen molar-refractivity contribution >= 4 is 17.6 Å². The lowest BCUT2D eigenvalue weighted by Gasteiger charge is -2.06. The molecule has 0 saturated heterocycles. The maximum Gasteiger partial charge on any atom is 0.394 e. The van der Waals surface area contributed by atoms with E-state index in [2.05, 4.69) is 0 Å². The van der Waals surface area contributed by atoms with Gasteiger partial charge in [0.1, 0.15) is 5.69 Å². The minimum atomic E-state index is -2.05. The number of carbonyl (C=O) groups is 2. The van der Waals surface area contributed by atoms with Crippen molar-refractivity contribution in [1.29, 1.82) is 0 Å². The molecule has 0 unspecified atom stereocenters. The molecule has 1 rings (SSSR count). The van der Waals surface area contributed by atoms with Crippen LogP contribution in [0.25, 0.3) is 0 Å². The van der Waals surface area contributed by atoms with E-state index in [0.29, 0.717) is 0 Å². The van der Waals surface area contributed by atoms with E-state index >= 15 is 0 Å². The number of nitrogens with one attached hydrogen (secondary N) is 1. The van der Waals surface area contributed by atoms with E-state index < -0.39 is 40.8 Å². The van der Waals surface area contributed by atoms with E-state index in [-0.39, 0.29) is 6.07 Å². The van der Waals surface area contributed by atoms with Crippen molar-refractivity contribution in [3.05, 3.63) is 29.3 Å². The van der Waals surface area contributed by atoms with Crippen LogP contribution in [0.3, 0.4) is 0 Å². The summed E-state index contributed by atoms with van der Waals surface area (Å²) in [5.74, 6) is -11.1. The third kappa shape index (κ3) is 2.10. The van der Waals surface area contributed by atoms with Crippen LogP contribution in [0, 0.1) is 23.3 Å². The van der Waals surface area contributed by atoms with Crippen molar-refractivity contribution in [1.82, 2.24) is 0 Å². The Hall–Kier alpha value is -2.12. The number of aliphatic carboxylic acids is 1. The van der Waals surface area contributed by atoms with Crippen molar-refractivity contribution in [2.24, 2.45) is 0 Å². The first-order chi connectivity index (χ1) is 7.34. The molecule has 0 heterocycles. The largest absolute Gasteiger partial charge is 0.474 e. The van der Waals surface area contributed by atoms with Crippen LogP contribution in [0.15, 0.2) is 6.07 Å². The molecule has 0 aliphatic carbocycles. The molecule has 1 amide bonds. The fourth-order valence-corrected chi connectivity index (χ4v) is 0.850. The van der Waals surface area contributed by atoms with Crippen LogP contribution in [-0.4, -0.2) is 17.0 Å². The summed E-state index contributed by atoms with van der Waals surface area (Å²) in [7, 11) is 0. The Balaban J connectivity index is 3.22. The fraction of sp³-hybridized carbons (Fsp3) is 0. The molecule has 0 bridgehead atoms. The Bertz CT molecular complexity index is 449. The fourth-order valence-electron chi connectivity index (χ4n) is 0.850. The smallest absolute Gasteiger partial charge is 0.394 e. The summed E-state index contributed by atoms with van der Waals surface area (Å²) in [6.07, 6.45) is 0. The predicted molar refractivity (Wildman–Crippen MR) is 42.5 cm³/mol. The first-order valence-electron chi connectivity index (χ1n) is 3.72. The maximum absolute atomic E-state index is 12.9. The van der Waals surface area contributed by atoms with Gasteiger partial charge >= 0.3 is 11.9 Å². The standard InChI is InChI=1S/C8H3F4NO3/c9-2-1-3(10)5(12)6(4(2)11)13-7(14)8(15)16/h1H,(H,13,14)(H,15,16). The number of carbonyl (C=O) groups excluding carboxylic acids is 1. The lowest BCUT2D eigenvalue weighted by atomic mass is 10.2. The lowest BCUT2D eigenvalue weighted by Crippen LogP contribution is -2.23. The number of benzene rings is 1. The van der Waals surface area contributed by atoms with Gasteiger partial charge in [-0.1, -0.05) is 0 Å². The van der Waals surface area contributed by atoms with Gasteiger partial charge in [-0.25, -0.2) is 22.4 Å². The lowest BCUT2D eigenvalue weighted by molar-refractivity contribution is -0.147. The summed E-state index contributed by atoms with van der Waals surface area (Å²) in [4.78, 5) is 20.6. The third-order valence-corrected chi connectivity index (χ3v) is 1.54. The molecule has 0 aliphatic heterocycles. The van der Waals surface area contributed by atoms with Crippen LogP contribution in [0.5, 0.6) is 0 Å². The van der Waals surface area contributed by atoms with Crippen LogP contribution >= 0.6 is 0 Å². The number of hydrogen-bond acceptors (Lipinski definition) is 2.